The van der Waals surface area contributed by atoms with Crippen molar-refractivity contribution in [3.05, 3.63) is 51.0 Å². The maximum Gasteiger partial charge on any atom is 0.341 e. The predicted molar refractivity (Wildman–Crippen MR) is 101 cm³/mol. The van der Waals surface area contributed by atoms with Crippen molar-refractivity contribution in [2.45, 2.75) is 0 Å². The largest absolute Gasteiger partial charge is 0.495 e. The Morgan fingerprint density at radius 2 is 1.86 bits per heavy atom. The van der Waals surface area contributed by atoms with Gasteiger partial charge in [-0.15, -0.1) is 0 Å². The predicted octanol–water partition coefficient (Wildman–Crippen LogP) is 2.64. The number of anilines is 2. The van der Waals surface area contributed by atoms with Crippen molar-refractivity contribution in [3.8, 4) is 11.5 Å². The quantitative estimate of drug-likeness (QED) is 0.307. The standard InChI is InChI=1S/C17H16ClN3O7/c1-26-14-7-13(15(27-2)6-11(14)18)20-16(22)8-28-17(23)10-5-9(21(24)25)3-4-12(10)19/h3-7H,8,19H2,1-2H3,(H,20,22). The molecule has 0 fully saturated rings. The highest BCUT2D eigenvalue weighted by Gasteiger charge is 2.18. The van der Waals surface area contributed by atoms with Crippen LogP contribution in [-0.2, 0) is 9.53 Å². The summed E-state index contributed by atoms with van der Waals surface area (Å²) in [7, 11) is 2.80. The number of carbonyl (C=O) groups is 2. The van der Waals surface area contributed by atoms with Crippen LogP contribution in [0.15, 0.2) is 30.3 Å². The molecule has 0 aliphatic carbocycles. The van der Waals surface area contributed by atoms with Gasteiger partial charge in [-0.2, -0.15) is 0 Å². The van der Waals surface area contributed by atoms with E-state index in [9.17, 15) is 19.7 Å². The van der Waals surface area contributed by atoms with E-state index in [0.717, 1.165) is 12.1 Å². The fourth-order valence-corrected chi connectivity index (χ4v) is 2.42. The number of nitrogens with two attached hydrogens (primary N) is 1. The molecule has 2 aromatic carbocycles. The number of nitrogens with zero attached hydrogens (tertiary/aromatic N) is 1. The highest BCUT2D eigenvalue weighted by molar-refractivity contribution is 6.32. The second kappa shape index (κ2) is 8.91. The van der Waals surface area contributed by atoms with Crippen molar-refractivity contribution in [3.63, 3.8) is 0 Å². The average molecular weight is 410 g/mol. The van der Waals surface area contributed by atoms with Crippen LogP contribution in [0.5, 0.6) is 11.5 Å². The Morgan fingerprint density at radius 1 is 1.18 bits per heavy atom. The summed E-state index contributed by atoms with van der Waals surface area (Å²) >= 11 is 5.99. The number of halogens is 1. The fourth-order valence-electron chi connectivity index (χ4n) is 2.19. The van der Waals surface area contributed by atoms with Crippen LogP contribution in [0.25, 0.3) is 0 Å². The number of benzene rings is 2. The highest BCUT2D eigenvalue weighted by atomic mass is 35.5. The van der Waals surface area contributed by atoms with E-state index in [4.69, 9.17) is 31.5 Å². The molecule has 0 saturated carbocycles. The summed E-state index contributed by atoms with van der Waals surface area (Å²) in [5.41, 5.74) is 5.33. The number of nitro benzene ring substituents is 1. The van der Waals surface area contributed by atoms with Crippen LogP contribution >= 0.6 is 11.6 Å². The molecule has 0 aromatic heterocycles. The van der Waals surface area contributed by atoms with Gasteiger partial charge in [0.1, 0.15) is 11.5 Å². The molecule has 10 nitrogen and oxygen atoms in total. The zero-order valence-corrected chi connectivity index (χ0v) is 15.6. The van der Waals surface area contributed by atoms with Crippen LogP contribution in [0.2, 0.25) is 5.02 Å². The molecule has 0 saturated heterocycles. The first-order valence-electron chi connectivity index (χ1n) is 7.69. The molecule has 1 amide bonds. The summed E-state index contributed by atoms with van der Waals surface area (Å²) in [6.45, 7) is -0.658. The van der Waals surface area contributed by atoms with Crippen LogP contribution in [0.4, 0.5) is 17.1 Å². The Hall–Kier alpha value is -3.53. The lowest BCUT2D eigenvalue weighted by molar-refractivity contribution is -0.384. The summed E-state index contributed by atoms with van der Waals surface area (Å²) in [6.07, 6.45) is 0. The number of methoxy groups -OCH3 is 2. The molecule has 0 aliphatic heterocycles. The lowest BCUT2D eigenvalue weighted by Crippen LogP contribution is -2.21. The Bertz CT molecular complexity index is 933. The van der Waals surface area contributed by atoms with E-state index in [1.54, 1.807) is 0 Å². The van der Waals surface area contributed by atoms with E-state index in [2.05, 4.69) is 5.32 Å². The molecule has 11 heteroatoms. The number of rotatable bonds is 7. The minimum absolute atomic E-state index is 0.0138. The maximum absolute atomic E-state index is 12.1. The van der Waals surface area contributed by atoms with Gasteiger partial charge in [-0.05, 0) is 6.07 Å². The van der Waals surface area contributed by atoms with Gasteiger partial charge < -0.3 is 25.3 Å². The summed E-state index contributed by atoms with van der Waals surface area (Å²) in [4.78, 5) is 34.3. The van der Waals surface area contributed by atoms with Gasteiger partial charge in [0.15, 0.2) is 6.61 Å². The molecule has 0 aliphatic rings. The van der Waals surface area contributed by atoms with Gasteiger partial charge in [-0.1, -0.05) is 11.6 Å². The van der Waals surface area contributed by atoms with Crippen LogP contribution in [0, 0.1) is 10.1 Å². The minimum atomic E-state index is -0.975. The van der Waals surface area contributed by atoms with E-state index in [1.807, 2.05) is 0 Å². The maximum atomic E-state index is 12.1. The number of nitro groups is 1. The molecule has 3 N–H and O–H groups in total. The second-order valence-electron chi connectivity index (χ2n) is 5.34. The van der Waals surface area contributed by atoms with Crippen LogP contribution < -0.4 is 20.5 Å². The molecule has 0 bridgehead atoms. The first-order valence-corrected chi connectivity index (χ1v) is 8.07. The molecule has 0 atom stereocenters. The number of hydrogen-bond donors (Lipinski definition) is 2. The average Bonchev–Trinajstić information content (AvgIpc) is 2.67. The molecule has 148 valence electrons. The van der Waals surface area contributed by atoms with Crippen LogP contribution in [0.1, 0.15) is 10.4 Å². The smallest absolute Gasteiger partial charge is 0.341 e. The van der Waals surface area contributed by atoms with E-state index in [1.165, 1.54) is 32.4 Å². The van der Waals surface area contributed by atoms with Crippen molar-refractivity contribution in [2.75, 3.05) is 31.9 Å². The Balaban J connectivity index is 2.08. The Morgan fingerprint density at radius 3 is 2.46 bits per heavy atom. The van der Waals surface area contributed by atoms with Gasteiger partial charge in [0.05, 0.1) is 35.4 Å². The number of nitrogens with one attached hydrogen (secondary N) is 1. The first-order chi connectivity index (χ1) is 13.3. The normalized spacial score (nSPS) is 10.1. The van der Waals surface area contributed by atoms with Gasteiger partial charge in [-0.25, -0.2) is 4.79 Å². The fraction of sp³-hybridized carbons (Fsp3) is 0.176. The van der Waals surface area contributed by atoms with Gasteiger partial charge in [0.2, 0.25) is 0 Å². The SMILES string of the molecule is COc1cc(NC(=O)COC(=O)c2cc([N+](=O)[O-])ccc2N)c(OC)cc1Cl. The van der Waals surface area contributed by atoms with Gasteiger partial charge >= 0.3 is 5.97 Å². The van der Waals surface area contributed by atoms with Crippen LogP contribution in [-0.4, -0.2) is 37.6 Å². The third-order valence-electron chi connectivity index (χ3n) is 3.55. The van der Waals surface area contributed by atoms with Crippen molar-refractivity contribution >= 4 is 40.5 Å². The molecule has 0 radical (unpaired) electrons. The number of amides is 1. The van der Waals surface area contributed by atoms with E-state index in [-0.39, 0.29) is 33.4 Å². The van der Waals surface area contributed by atoms with Crippen molar-refractivity contribution in [2.24, 2.45) is 0 Å². The van der Waals surface area contributed by atoms with E-state index >= 15 is 0 Å². The lowest BCUT2D eigenvalue weighted by Gasteiger charge is -2.13. The van der Waals surface area contributed by atoms with Crippen molar-refractivity contribution in [1.82, 2.24) is 0 Å². The van der Waals surface area contributed by atoms with Gasteiger partial charge in [-0.3, -0.25) is 14.9 Å². The third kappa shape index (κ3) is 4.80. The van der Waals surface area contributed by atoms with Gasteiger partial charge in [0.25, 0.3) is 11.6 Å². The summed E-state index contributed by atoms with van der Waals surface area (Å²) in [5, 5.41) is 13.6. The Labute approximate surface area is 164 Å². The number of non-ortho nitro benzene ring substituents is 1. The van der Waals surface area contributed by atoms with Gasteiger partial charge in [0, 0.05) is 30.0 Å². The van der Waals surface area contributed by atoms with E-state index in [0.29, 0.717) is 5.75 Å². The molecule has 0 heterocycles. The topological polar surface area (TPSA) is 143 Å². The number of nitrogen functional groups attached to an aromatic ring is 1. The monoisotopic (exact) mass is 409 g/mol. The summed E-state index contributed by atoms with van der Waals surface area (Å²) in [6, 6.07) is 6.23. The summed E-state index contributed by atoms with van der Waals surface area (Å²) < 4.78 is 15.1. The molecular weight excluding hydrogens is 394 g/mol. The van der Waals surface area contributed by atoms with Crippen molar-refractivity contribution < 1.29 is 28.7 Å². The Kier molecular flexibility index (Phi) is 6.61. The van der Waals surface area contributed by atoms with Crippen molar-refractivity contribution in [1.29, 1.82) is 0 Å². The lowest BCUT2D eigenvalue weighted by atomic mass is 10.1. The zero-order chi connectivity index (χ0) is 20.8. The molecule has 0 spiro atoms. The summed E-state index contributed by atoms with van der Waals surface area (Å²) in [5.74, 6) is -1.08. The number of carbonyl (C=O) groups excluding carboxylic acids is 2. The molecule has 2 rings (SSSR count). The zero-order valence-electron chi connectivity index (χ0n) is 14.9. The number of esters is 1. The second-order valence-corrected chi connectivity index (χ2v) is 5.75. The molecule has 0 unspecified atom stereocenters. The number of hydrogen-bond acceptors (Lipinski definition) is 8. The first kappa shape index (κ1) is 20.8. The molecule has 28 heavy (non-hydrogen) atoms. The molecule has 2 aromatic rings. The highest BCUT2D eigenvalue weighted by Crippen LogP contribution is 2.35. The number of ether oxygens (including phenoxy) is 3. The van der Waals surface area contributed by atoms with E-state index < -0.39 is 23.4 Å². The molecular formula is C17H16ClN3O7. The minimum Gasteiger partial charge on any atom is -0.495 e. The third-order valence-corrected chi connectivity index (χ3v) is 3.85. The van der Waals surface area contributed by atoms with Crippen LogP contribution in [0.3, 0.4) is 0 Å².